The van der Waals surface area contributed by atoms with E-state index in [1.165, 1.54) is 11.0 Å². The Hall–Kier alpha value is -4.11. The van der Waals surface area contributed by atoms with E-state index in [0.29, 0.717) is 16.9 Å². The number of nitrogens with zero attached hydrogens (tertiary/aromatic N) is 6. The molecule has 0 saturated carbocycles. The Labute approximate surface area is 175 Å². The fraction of sp³-hybridized carbons (Fsp3) is 0. The van der Waals surface area contributed by atoms with Gasteiger partial charge in [0.15, 0.2) is 0 Å². The number of aromatic nitrogens is 6. The molecule has 0 aliphatic carbocycles. The normalized spacial score (nSPS) is 10.8. The van der Waals surface area contributed by atoms with Crippen LogP contribution in [0.3, 0.4) is 0 Å². The molecule has 9 heteroatoms. The average Bonchev–Trinajstić information content (AvgIpc) is 3.56. The molecule has 3 aromatic heterocycles. The van der Waals surface area contributed by atoms with Crippen LogP contribution in [0.2, 0.25) is 0 Å². The van der Waals surface area contributed by atoms with Crippen LogP contribution in [0.4, 0.5) is 5.69 Å². The topological polar surface area (TPSA) is 90.5 Å². The maximum Gasteiger partial charge on any atom is 0.259 e. The largest absolute Gasteiger partial charge is 0.322 e. The highest BCUT2D eigenvalue weighted by Crippen LogP contribution is 2.28. The second kappa shape index (κ2) is 7.72. The number of carbonyl (C=O) groups is 1. The molecule has 1 amide bonds. The van der Waals surface area contributed by atoms with Crippen LogP contribution in [0.15, 0.2) is 84.6 Å². The highest BCUT2D eigenvalue weighted by atomic mass is 32.1. The fourth-order valence-electron chi connectivity index (χ4n) is 3.05. The summed E-state index contributed by atoms with van der Waals surface area (Å²) in [6, 6.07) is 20.9. The molecule has 0 aliphatic rings. The summed E-state index contributed by atoms with van der Waals surface area (Å²) in [6.07, 6.45) is 3.25. The van der Waals surface area contributed by atoms with Gasteiger partial charge in [0.25, 0.3) is 5.91 Å². The number of carbonyl (C=O) groups excluding carboxylic acids is 1. The summed E-state index contributed by atoms with van der Waals surface area (Å²) in [5.74, 6) is -0.241. The van der Waals surface area contributed by atoms with Gasteiger partial charge >= 0.3 is 0 Å². The maximum atomic E-state index is 13.2. The monoisotopic (exact) mass is 413 g/mol. The van der Waals surface area contributed by atoms with E-state index in [9.17, 15) is 4.79 Å². The predicted molar refractivity (Wildman–Crippen MR) is 114 cm³/mol. The highest BCUT2D eigenvalue weighted by Gasteiger charge is 2.19. The first kappa shape index (κ1) is 18.0. The van der Waals surface area contributed by atoms with Crippen molar-refractivity contribution in [2.24, 2.45) is 0 Å². The molecule has 3 heterocycles. The van der Waals surface area contributed by atoms with Crippen LogP contribution in [0, 0.1) is 0 Å². The Morgan fingerprint density at radius 2 is 1.80 bits per heavy atom. The van der Waals surface area contributed by atoms with Crippen molar-refractivity contribution in [3.8, 4) is 21.9 Å². The summed E-state index contributed by atoms with van der Waals surface area (Å²) in [4.78, 5) is 14.1. The van der Waals surface area contributed by atoms with E-state index < -0.39 is 0 Å². The van der Waals surface area contributed by atoms with Crippen molar-refractivity contribution in [2.45, 2.75) is 0 Å². The number of tetrazole rings is 1. The van der Waals surface area contributed by atoms with Gasteiger partial charge in [-0.05, 0) is 52.2 Å². The molecular weight excluding hydrogens is 398 g/mol. The SMILES string of the molecule is O=C(Nc1cccc(-n2cnnn2)c1)c1cn(-c2ccccc2)nc1-c1cccs1. The number of nitrogens with one attached hydrogen (secondary N) is 1. The lowest BCUT2D eigenvalue weighted by Crippen LogP contribution is -2.12. The maximum absolute atomic E-state index is 13.2. The molecule has 30 heavy (non-hydrogen) atoms. The first-order valence-corrected chi connectivity index (χ1v) is 10.00. The number of para-hydroxylation sites is 1. The third kappa shape index (κ3) is 3.49. The van der Waals surface area contributed by atoms with Gasteiger partial charge in [-0.2, -0.15) is 5.10 Å². The van der Waals surface area contributed by atoms with Gasteiger partial charge in [0.2, 0.25) is 0 Å². The minimum atomic E-state index is -0.241. The predicted octanol–water partition coefficient (Wildman–Crippen LogP) is 3.83. The number of rotatable bonds is 5. The second-order valence-electron chi connectivity index (χ2n) is 6.41. The summed E-state index contributed by atoms with van der Waals surface area (Å²) in [5, 5.41) is 20.8. The third-order valence-corrected chi connectivity index (χ3v) is 5.33. The molecule has 0 spiro atoms. The van der Waals surface area contributed by atoms with E-state index in [1.807, 2.05) is 66.0 Å². The van der Waals surface area contributed by atoms with E-state index in [-0.39, 0.29) is 5.91 Å². The minimum Gasteiger partial charge on any atom is -0.322 e. The molecule has 0 radical (unpaired) electrons. The number of anilines is 1. The van der Waals surface area contributed by atoms with Crippen LogP contribution in [0.1, 0.15) is 10.4 Å². The van der Waals surface area contributed by atoms with E-state index >= 15 is 0 Å². The molecule has 1 N–H and O–H groups in total. The van der Waals surface area contributed by atoms with E-state index in [4.69, 9.17) is 0 Å². The Morgan fingerprint density at radius 1 is 0.933 bits per heavy atom. The summed E-state index contributed by atoms with van der Waals surface area (Å²) < 4.78 is 3.25. The molecule has 0 unspecified atom stereocenters. The lowest BCUT2D eigenvalue weighted by atomic mass is 10.2. The number of hydrogen-bond acceptors (Lipinski definition) is 6. The van der Waals surface area contributed by atoms with Gasteiger partial charge in [-0.3, -0.25) is 4.79 Å². The molecule has 8 nitrogen and oxygen atoms in total. The lowest BCUT2D eigenvalue weighted by molar-refractivity contribution is 0.102. The summed E-state index contributed by atoms with van der Waals surface area (Å²) in [7, 11) is 0. The van der Waals surface area contributed by atoms with Crippen molar-refractivity contribution in [2.75, 3.05) is 5.32 Å². The Kier molecular flexibility index (Phi) is 4.62. The van der Waals surface area contributed by atoms with Crippen LogP contribution < -0.4 is 5.32 Å². The van der Waals surface area contributed by atoms with Crippen molar-refractivity contribution in [1.82, 2.24) is 30.0 Å². The quantitative estimate of drug-likeness (QED) is 0.473. The van der Waals surface area contributed by atoms with E-state index in [2.05, 4.69) is 25.9 Å². The zero-order valence-electron chi connectivity index (χ0n) is 15.6. The van der Waals surface area contributed by atoms with E-state index in [0.717, 1.165) is 16.3 Å². The highest BCUT2D eigenvalue weighted by molar-refractivity contribution is 7.13. The van der Waals surface area contributed by atoms with Crippen LogP contribution in [-0.2, 0) is 0 Å². The molecule has 0 fully saturated rings. The summed E-state index contributed by atoms with van der Waals surface area (Å²) in [6.45, 7) is 0. The average molecular weight is 413 g/mol. The summed E-state index contributed by atoms with van der Waals surface area (Å²) in [5.41, 5.74) is 3.40. The van der Waals surface area contributed by atoms with E-state index in [1.54, 1.807) is 28.3 Å². The van der Waals surface area contributed by atoms with Crippen LogP contribution in [0.25, 0.3) is 21.9 Å². The van der Waals surface area contributed by atoms with Gasteiger partial charge in [0.05, 0.1) is 21.8 Å². The summed E-state index contributed by atoms with van der Waals surface area (Å²) >= 11 is 1.54. The molecule has 0 atom stereocenters. The molecule has 5 aromatic rings. The van der Waals surface area contributed by atoms with Crippen LogP contribution in [-0.4, -0.2) is 35.9 Å². The molecule has 0 aliphatic heterocycles. The third-order valence-electron chi connectivity index (χ3n) is 4.45. The van der Waals surface area contributed by atoms with Gasteiger partial charge in [-0.25, -0.2) is 9.36 Å². The molecule has 146 valence electrons. The number of amides is 1. The molecule has 0 bridgehead atoms. The zero-order valence-corrected chi connectivity index (χ0v) is 16.4. The van der Waals surface area contributed by atoms with Gasteiger partial charge in [0, 0.05) is 11.9 Å². The van der Waals surface area contributed by atoms with Gasteiger partial charge in [-0.1, -0.05) is 30.3 Å². The number of benzene rings is 2. The lowest BCUT2D eigenvalue weighted by Gasteiger charge is -2.07. The standard InChI is InChI=1S/C21H15N7OS/c29-21(23-15-6-4-9-17(12-15)28-14-22-25-26-28)18-13-27(16-7-2-1-3-8-16)24-20(18)19-10-5-11-30-19/h1-14H,(H,23,29). The van der Waals surface area contributed by atoms with Crippen molar-refractivity contribution in [3.63, 3.8) is 0 Å². The van der Waals surface area contributed by atoms with Gasteiger partial charge in [0.1, 0.15) is 12.0 Å². The van der Waals surface area contributed by atoms with Crippen molar-refractivity contribution < 1.29 is 4.79 Å². The molecule has 0 saturated heterocycles. The fourth-order valence-corrected chi connectivity index (χ4v) is 3.78. The molecule has 2 aromatic carbocycles. The Morgan fingerprint density at radius 3 is 2.57 bits per heavy atom. The second-order valence-corrected chi connectivity index (χ2v) is 7.36. The minimum absolute atomic E-state index is 0.241. The van der Waals surface area contributed by atoms with Gasteiger partial charge < -0.3 is 5.32 Å². The Bertz CT molecular complexity index is 1280. The molecular formula is C21H15N7OS. The van der Waals surface area contributed by atoms with Crippen molar-refractivity contribution in [1.29, 1.82) is 0 Å². The van der Waals surface area contributed by atoms with Crippen molar-refractivity contribution in [3.05, 3.63) is 90.2 Å². The molecule has 5 rings (SSSR count). The van der Waals surface area contributed by atoms with Crippen LogP contribution in [0.5, 0.6) is 0 Å². The first-order valence-electron chi connectivity index (χ1n) is 9.12. The first-order chi connectivity index (χ1) is 14.8. The van der Waals surface area contributed by atoms with Crippen LogP contribution >= 0.6 is 11.3 Å². The number of thiophene rings is 1. The zero-order chi connectivity index (χ0) is 20.3. The van der Waals surface area contributed by atoms with Gasteiger partial charge in [-0.15, -0.1) is 16.4 Å². The number of hydrogen-bond donors (Lipinski definition) is 1. The Balaban J connectivity index is 1.50. The smallest absolute Gasteiger partial charge is 0.259 e. The van der Waals surface area contributed by atoms with Crippen molar-refractivity contribution >= 4 is 22.9 Å².